The highest BCUT2D eigenvalue weighted by molar-refractivity contribution is 6.30. The number of halogens is 1. The molecule has 0 saturated heterocycles. The van der Waals surface area contributed by atoms with Crippen LogP contribution in [-0.2, 0) is 0 Å². The van der Waals surface area contributed by atoms with E-state index in [1.165, 1.54) is 0 Å². The van der Waals surface area contributed by atoms with Crippen molar-refractivity contribution in [2.24, 2.45) is 5.73 Å². The van der Waals surface area contributed by atoms with Gasteiger partial charge in [-0.25, -0.2) is 4.79 Å². The second-order valence-corrected chi connectivity index (χ2v) is 7.34. The van der Waals surface area contributed by atoms with Gasteiger partial charge in [0.2, 0.25) is 0 Å². The number of carbonyl (C=O) groups is 2. The molecule has 0 aliphatic rings. The average molecular weight is 411 g/mol. The van der Waals surface area contributed by atoms with Crippen LogP contribution in [0.5, 0.6) is 0 Å². The first-order valence-electron chi connectivity index (χ1n) is 9.18. The summed E-state index contributed by atoms with van der Waals surface area (Å²) in [6, 6.07) is 15.7. The molecule has 1 atom stereocenters. The number of urea groups is 1. The van der Waals surface area contributed by atoms with Gasteiger partial charge in [-0.2, -0.15) is 0 Å². The first-order valence-corrected chi connectivity index (χ1v) is 9.56. The van der Waals surface area contributed by atoms with Gasteiger partial charge in [0.25, 0.3) is 5.91 Å². The molecule has 1 unspecified atom stereocenters. The highest BCUT2D eigenvalue weighted by Crippen LogP contribution is 2.23. The first-order chi connectivity index (χ1) is 13.8. The number of anilines is 1. The Labute approximate surface area is 174 Å². The third kappa shape index (κ3) is 4.60. The van der Waals surface area contributed by atoms with Crippen molar-refractivity contribution in [2.45, 2.75) is 26.8 Å². The van der Waals surface area contributed by atoms with Crippen molar-refractivity contribution < 1.29 is 9.59 Å². The number of hydrogen-bond acceptors (Lipinski definition) is 2. The Kier molecular flexibility index (Phi) is 5.94. The second-order valence-electron chi connectivity index (χ2n) is 6.90. The zero-order valence-electron chi connectivity index (χ0n) is 16.5. The molecule has 3 rings (SSSR count). The summed E-state index contributed by atoms with van der Waals surface area (Å²) in [5, 5.41) is 6.21. The molecule has 1 aromatic heterocycles. The van der Waals surface area contributed by atoms with Gasteiger partial charge in [0.15, 0.2) is 0 Å². The summed E-state index contributed by atoms with van der Waals surface area (Å²) in [5.74, 6) is -0.148. The molecule has 4 N–H and O–H groups in total. The van der Waals surface area contributed by atoms with E-state index in [2.05, 4.69) is 10.6 Å². The molecule has 7 heteroatoms. The highest BCUT2D eigenvalue weighted by Gasteiger charge is 2.18. The molecule has 29 heavy (non-hydrogen) atoms. The van der Waals surface area contributed by atoms with Gasteiger partial charge in [0.05, 0.1) is 11.6 Å². The minimum Gasteiger partial charge on any atom is -0.351 e. The van der Waals surface area contributed by atoms with Crippen LogP contribution < -0.4 is 16.4 Å². The number of hydrogen-bond donors (Lipinski definition) is 3. The molecular formula is C22H23ClN4O2. The van der Waals surface area contributed by atoms with Crippen LogP contribution in [0.25, 0.3) is 5.69 Å². The van der Waals surface area contributed by atoms with E-state index in [9.17, 15) is 9.59 Å². The number of carbonyl (C=O) groups excluding carboxylic acids is 2. The minimum absolute atomic E-state index is 0.148. The quantitative estimate of drug-likeness (QED) is 0.567. The normalized spacial score (nSPS) is 11.7. The highest BCUT2D eigenvalue weighted by atomic mass is 35.5. The molecule has 2 aromatic carbocycles. The Morgan fingerprint density at radius 2 is 1.66 bits per heavy atom. The Morgan fingerprint density at radius 3 is 2.24 bits per heavy atom. The number of nitrogens with one attached hydrogen (secondary N) is 2. The zero-order valence-corrected chi connectivity index (χ0v) is 17.2. The van der Waals surface area contributed by atoms with Crippen molar-refractivity contribution in [3.05, 3.63) is 82.1 Å². The molecule has 6 nitrogen and oxygen atoms in total. The maximum atomic E-state index is 12.9. The Balaban J connectivity index is 1.78. The lowest BCUT2D eigenvalue weighted by molar-refractivity contribution is 0.0939. The van der Waals surface area contributed by atoms with Crippen LogP contribution >= 0.6 is 11.6 Å². The number of nitrogens with zero attached hydrogens (tertiary/aromatic N) is 1. The summed E-state index contributed by atoms with van der Waals surface area (Å²) >= 11 is 5.98. The first kappa shape index (κ1) is 20.5. The lowest BCUT2D eigenvalue weighted by Gasteiger charge is -2.15. The summed E-state index contributed by atoms with van der Waals surface area (Å²) in [6.45, 7) is 5.80. The van der Waals surface area contributed by atoms with Crippen molar-refractivity contribution in [1.29, 1.82) is 0 Å². The number of aromatic nitrogens is 1. The standard InChI is InChI=1S/C22H23ClN4O2/c1-13-12-20(15(3)27(13)19-10-6-17(23)7-11-19)21(28)25-14(2)16-4-8-18(9-5-16)26-22(24)29/h4-12,14H,1-3H3,(H,25,28)(H3,24,26,29). The molecule has 0 fully saturated rings. The molecule has 0 bridgehead atoms. The average Bonchev–Trinajstić information content (AvgIpc) is 2.97. The van der Waals surface area contributed by atoms with E-state index in [1.54, 1.807) is 12.1 Å². The number of benzene rings is 2. The Hall–Kier alpha value is -3.25. The molecule has 3 amide bonds. The van der Waals surface area contributed by atoms with Gasteiger partial charge >= 0.3 is 6.03 Å². The van der Waals surface area contributed by atoms with Gasteiger partial charge in [0.1, 0.15) is 0 Å². The lowest BCUT2D eigenvalue weighted by Crippen LogP contribution is -2.27. The fourth-order valence-electron chi connectivity index (χ4n) is 3.34. The zero-order chi connectivity index (χ0) is 21.1. The third-order valence-electron chi connectivity index (χ3n) is 4.79. The van der Waals surface area contributed by atoms with Gasteiger partial charge < -0.3 is 20.9 Å². The van der Waals surface area contributed by atoms with E-state index in [0.29, 0.717) is 16.3 Å². The molecule has 0 saturated carbocycles. The fourth-order valence-corrected chi connectivity index (χ4v) is 3.46. The number of primary amides is 1. The second kappa shape index (κ2) is 8.41. The molecule has 0 aliphatic heterocycles. The molecule has 0 radical (unpaired) electrons. The number of nitrogens with two attached hydrogens (primary N) is 1. The topological polar surface area (TPSA) is 89.2 Å². The van der Waals surface area contributed by atoms with Crippen molar-refractivity contribution in [2.75, 3.05) is 5.32 Å². The molecular weight excluding hydrogens is 388 g/mol. The summed E-state index contributed by atoms with van der Waals surface area (Å²) in [7, 11) is 0. The van der Waals surface area contributed by atoms with Crippen LogP contribution in [0.15, 0.2) is 54.6 Å². The predicted molar refractivity (Wildman–Crippen MR) is 116 cm³/mol. The van der Waals surface area contributed by atoms with Crippen LogP contribution in [0.1, 0.15) is 40.3 Å². The van der Waals surface area contributed by atoms with Crippen molar-refractivity contribution in [3.8, 4) is 5.69 Å². The molecule has 150 valence electrons. The fraction of sp³-hybridized carbons (Fsp3) is 0.182. The summed E-state index contributed by atoms with van der Waals surface area (Å²) in [5.41, 5.74) is 10.0. The van der Waals surface area contributed by atoms with E-state index in [-0.39, 0.29) is 11.9 Å². The number of aryl methyl sites for hydroxylation is 1. The van der Waals surface area contributed by atoms with Gasteiger partial charge in [-0.05, 0) is 68.8 Å². The van der Waals surface area contributed by atoms with Crippen molar-refractivity contribution in [3.63, 3.8) is 0 Å². The molecule has 3 aromatic rings. The van der Waals surface area contributed by atoms with Crippen LogP contribution in [0.2, 0.25) is 5.02 Å². The summed E-state index contributed by atoms with van der Waals surface area (Å²) in [6.07, 6.45) is 0. The Bertz CT molecular complexity index is 1040. The van der Waals surface area contributed by atoms with Gasteiger partial charge in [-0.15, -0.1) is 0 Å². The largest absolute Gasteiger partial charge is 0.351 e. The number of rotatable bonds is 5. The monoisotopic (exact) mass is 410 g/mol. The maximum absolute atomic E-state index is 12.9. The van der Waals surface area contributed by atoms with Gasteiger partial charge in [-0.1, -0.05) is 23.7 Å². The Morgan fingerprint density at radius 1 is 1.03 bits per heavy atom. The SMILES string of the molecule is Cc1cc(C(=O)NC(C)c2ccc(NC(N)=O)cc2)c(C)n1-c1ccc(Cl)cc1. The third-order valence-corrected chi connectivity index (χ3v) is 5.04. The van der Waals surface area contributed by atoms with Crippen LogP contribution in [0.4, 0.5) is 10.5 Å². The molecule has 1 heterocycles. The molecule has 0 spiro atoms. The van der Waals surface area contributed by atoms with Crippen molar-refractivity contribution >= 4 is 29.2 Å². The van der Waals surface area contributed by atoms with Crippen LogP contribution in [0.3, 0.4) is 0 Å². The van der Waals surface area contributed by atoms with Gasteiger partial charge in [0, 0.05) is 27.8 Å². The maximum Gasteiger partial charge on any atom is 0.316 e. The van der Waals surface area contributed by atoms with E-state index in [4.69, 9.17) is 17.3 Å². The van der Waals surface area contributed by atoms with Crippen LogP contribution in [0, 0.1) is 13.8 Å². The van der Waals surface area contributed by atoms with Gasteiger partial charge in [-0.3, -0.25) is 4.79 Å². The predicted octanol–water partition coefficient (Wildman–Crippen LogP) is 4.73. The molecule has 0 aliphatic carbocycles. The minimum atomic E-state index is -0.616. The van der Waals surface area contributed by atoms with E-state index < -0.39 is 6.03 Å². The van der Waals surface area contributed by atoms with E-state index in [0.717, 1.165) is 22.6 Å². The lowest BCUT2D eigenvalue weighted by atomic mass is 10.1. The summed E-state index contributed by atoms with van der Waals surface area (Å²) in [4.78, 5) is 23.8. The van der Waals surface area contributed by atoms with Crippen molar-refractivity contribution in [1.82, 2.24) is 9.88 Å². The van der Waals surface area contributed by atoms with Crippen LogP contribution in [-0.4, -0.2) is 16.5 Å². The van der Waals surface area contributed by atoms with E-state index in [1.807, 2.05) is 67.8 Å². The number of amides is 3. The smallest absolute Gasteiger partial charge is 0.316 e. The van der Waals surface area contributed by atoms with E-state index >= 15 is 0 Å². The summed E-state index contributed by atoms with van der Waals surface area (Å²) < 4.78 is 2.03.